The average molecular weight is 586 g/mol. The summed E-state index contributed by atoms with van der Waals surface area (Å²) in [7, 11) is -0.571. The Bertz CT molecular complexity index is 1410. The molecule has 1 aliphatic heterocycles. The van der Waals surface area contributed by atoms with E-state index in [0.29, 0.717) is 41.7 Å². The van der Waals surface area contributed by atoms with Crippen molar-refractivity contribution in [1.82, 2.24) is 14.2 Å². The highest BCUT2D eigenvalue weighted by Crippen LogP contribution is 2.30. The van der Waals surface area contributed by atoms with Crippen molar-refractivity contribution in [1.29, 1.82) is 0 Å². The fourth-order valence-electron chi connectivity index (χ4n) is 4.74. The normalized spacial score (nSPS) is 13.8. The first-order chi connectivity index (χ1) is 19.2. The van der Waals surface area contributed by atoms with E-state index in [4.69, 9.17) is 9.47 Å². The molecule has 0 atom stereocenters. The van der Waals surface area contributed by atoms with Gasteiger partial charge in [-0.15, -0.1) is 11.3 Å². The summed E-state index contributed by atoms with van der Waals surface area (Å²) in [6.45, 7) is 3.40. The monoisotopic (exact) mass is 585 g/mol. The predicted octanol–water partition coefficient (Wildman–Crippen LogP) is 4.35. The van der Waals surface area contributed by atoms with Crippen LogP contribution in [-0.2, 0) is 23.0 Å². The van der Waals surface area contributed by atoms with Crippen molar-refractivity contribution in [2.75, 3.05) is 39.6 Å². The molecule has 0 spiro atoms. The number of carbonyl (C=O) groups is 2. The van der Waals surface area contributed by atoms with Gasteiger partial charge in [0.15, 0.2) is 5.78 Å². The molecular weight excluding hydrogens is 550 g/mol. The van der Waals surface area contributed by atoms with Crippen LogP contribution >= 0.6 is 11.3 Å². The number of amides is 1. The Morgan fingerprint density at radius 2 is 1.70 bits per heavy atom. The maximum absolute atomic E-state index is 13.8. The standard InChI is InChI=1S/C29H35N3O6S2/c1-21-26(37-2)16-23(17-27(21)38-3)29(34)31(13-9-12-22-10-5-4-6-11-22)18-28-30-24(19-39-28)25(33)20-40(35,36)32-14-7-8-15-32/h4-6,10-11,16-17,19H,7-9,12-15,18,20H2,1-3H3. The number of hydrogen-bond acceptors (Lipinski definition) is 8. The first-order valence-corrected chi connectivity index (χ1v) is 15.7. The van der Waals surface area contributed by atoms with Crippen LogP contribution in [0.3, 0.4) is 0 Å². The average Bonchev–Trinajstić information content (AvgIpc) is 3.66. The highest BCUT2D eigenvalue weighted by atomic mass is 32.2. The second-order valence-electron chi connectivity index (χ2n) is 9.73. The Hall–Kier alpha value is -3.28. The van der Waals surface area contributed by atoms with Crippen LogP contribution in [-0.4, -0.2) is 73.9 Å². The molecule has 4 rings (SSSR count). The third kappa shape index (κ3) is 7.26. The number of benzene rings is 2. The Morgan fingerprint density at radius 3 is 2.33 bits per heavy atom. The molecule has 1 amide bonds. The number of nitrogens with zero attached hydrogens (tertiary/aromatic N) is 3. The van der Waals surface area contributed by atoms with Crippen molar-refractivity contribution >= 4 is 33.1 Å². The van der Waals surface area contributed by atoms with Crippen molar-refractivity contribution < 1.29 is 27.5 Å². The predicted molar refractivity (Wildman–Crippen MR) is 155 cm³/mol. The van der Waals surface area contributed by atoms with Gasteiger partial charge in [0.1, 0.15) is 28.0 Å². The van der Waals surface area contributed by atoms with Gasteiger partial charge in [-0.25, -0.2) is 17.7 Å². The molecule has 0 bridgehead atoms. The molecule has 9 nitrogen and oxygen atoms in total. The van der Waals surface area contributed by atoms with Crippen molar-refractivity contribution in [3.8, 4) is 11.5 Å². The molecule has 0 radical (unpaired) electrons. The number of ketones is 1. The highest BCUT2D eigenvalue weighted by molar-refractivity contribution is 7.89. The van der Waals surface area contributed by atoms with E-state index in [9.17, 15) is 18.0 Å². The number of aromatic nitrogens is 1. The molecule has 1 saturated heterocycles. The number of carbonyl (C=O) groups excluding carboxylic acids is 2. The third-order valence-corrected chi connectivity index (χ3v) is 9.57. The number of hydrogen-bond donors (Lipinski definition) is 0. The molecule has 1 aromatic heterocycles. The van der Waals surface area contributed by atoms with Gasteiger partial charge in [-0.1, -0.05) is 30.3 Å². The van der Waals surface area contributed by atoms with Crippen LogP contribution in [0.15, 0.2) is 47.8 Å². The molecule has 2 heterocycles. The molecule has 1 fully saturated rings. The first kappa shape index (κ1) is 29.7. The molecule has 3 aromatic rings. The first-order valence-electron chi connectivity index (χ1n) is 13.2. The molecule has 2 aromatic carbocycles. The number of rotatable bonds is 13. The SMILES string of the molecule is COc1cc(C(=O)N(CCCc2ccccc2)Cc2nc(C(=O)CS(=O)(=O)N3CCCC3)cs2)cc(OC)c1C. The summed E-state index contributed by atoms with van der Waals surface area (Å²) in [4.78, 5) is 32.7. The molecule has 40 heavy (non-hydrogen) atoms. The minimum Gasteiger partial charge on any atom is -0.496 e. The second kappa shape index (κ2) is 13.4. The fraction of sp³-hybridized carbons (Fsp3) is 0.414. The van der Waals surface area contributed by atoms with Crippen molar-refractivity contribution in [2.45, 2.75) is 39.2 Å². The van der Waals surface area contributed by atoms with Gasteiger partial charge in [0.05, 0.1) is 20.8 Å². The van der Waals surface area contributed by atoms with Crippen LogP contribution in [0.5, 0.6) is 11.5 Å². The van der Waals surface area contributed by atoms with Gasteiger partial charge in [0.2, 0.25) is 10.0 Å². The van der Waals surface area contributed by atoms with Crippen molar-refractivity contribution in [3.05, 3.63) is 75.2 Å². The zero-order chi connectivity index (χ0) is 28.7. The van der Waals surface area contributed by atoms with Gasteiger partial charge in [0, 0.05) is 36.1 Å². The van der Waals surface area contributed by atoms with Crippen LogP contribution in [0.25, 0.3) is 0 Å². The van der Waals surface area contributed by atoms with Gasteiger partial charge in [-0.3, -0.25) is 9.59 Å². The van der Waals surface area contributed by atoms with Crippen LogP contribution in [0, 0.1) is 6.92 Å². The summed E-state index contributed by atoms with van der Waals surface area (Å²) in [5.74, 6) is -0.256. The third-order valence-electron chi connectivity index (χ3n) is 6.96. The zero-order valence-electron chi connectivity index (χ0n) is 23.1. The molecule has 0 aliphatic carbocycles. The Morgan fingerprint density at radius 1 is 1.05 bits per heavy atom. The summed E-state index contributed by atoms with van der Waals surface area (Å²) >= 11 is 1.24. The lowest BCUT2D eigenvalue weighted by molar-refractivity contribution is 0.0740. The minimum atomic E-state index is -3.67. The van der Waals surface area contributed by atoms with Crippen LogP contribution < -0.4 is 9.47 Å². The molecule has 0 unspecified atom stereocenters. The van der Waals surface area contributed by atoms with E-state index in [1.54, 1.807) is 36.6 Å². The lowest BCUT2D eigenvalue weighted by atomic mass is 10.1. The van der Waals surface area contributed by atoms with Gasteiger partial charge >= 0.3 is 0 Å². The van der Waals surface area contributed by atoms with Crippen LogP contribution in [0.2, 0.25) is 0 Å². The van der Waals surface area contributed by atoms with Gasteiger partial charge in [-0.2, -0.15) is 0 Å². The summed E-state index contributed by atoms with van der Waals surface area (Å²) in [6.07, 6.45) is 3.13. The smallest absolute Gasteiger partial charge is 0.254 e. The number of sulfonamides is 1. The number of aryl methyl sites for hydroxylation is 1. The van der Waals surface area contributed by atoms with Crippen LogP contribution in [0.1, 0.15) is 56.2 Å². The van der Waals surface area contributed by atoms with Gasteiger partial charge in [-0.05, 0) is 50.3 Å². The van der Waals surface area contributed by atoms with E-state index >= 15 is 0 Å². The second-order valence-corrected chi connectivity index (χ2v) is 12.6. The Kier molecular flexibility index (Phi) is 9.94. The molecule has 11 heteroatoms. The van der Waals surface area contributed by atoms with E-state index < -0.39 is 21.6 Å². The van der Waals surface area contributed by atoms with E-state index in [0.717, 1.165) is 31.2 Å². The maximum Gasteiger partial charge on any atom is 0.254 e. The molecule has 0 N–H and O–H groups in total. The molecule has 214 valence electrons. The van der Waals surface area contributed by atoms with Gasteiger partial charge < -0.3 is 14.4 Å². The minimum absolute atomic E-state index is 0.109. The summed E-state index contributed by atoms with van der Waals surface area (Å²) in [5, 5.41) is 2.13. The number of ether oxygens (including phenoxy) is 2. The lowest BCUT2D eigenvalue weighted by Gasteiger charge is -2.23. The maximum atomic E-state index is 13.8. The highest BCUT2D eigenvalue weighted by Gasteiger charge is 2.29. The summed E-state index contributed by atoms with van der Waals surface area (Å²) in [5.41, 5.74) is 2.50. The fourth-order valence-corrected chi connectivity index (χ4v) is 7.02. The van der Waals surface area contributed by atoms with E-state index in [-0.39, 0.29) is 18.1 Å². The van der Waals surface area contributed by atoms with E-state index in [1.165, 1.54) is 21.2 Å². The van der Waals surface area contributed by atoms with Crippen LogP contribution in [0.4, 0.5) is 0 Å². The van der Waals surface area contributed by atoms with E-state index in [2.05, 4.69) is 17.1 Å². The van der Waals surface area contributed by atoms with Gasteiger partial charge in [0.25, 0.3) is 5.91 Å². The van der Waals surface area contributed by atoms with E-state index in [1.807, 2.05) is 25.1 Å². The van der Waals surface area contributed by atoms with Crippen molar-refractivity contribution in [2.24, 2.45) is 0 Å². The zero-order valence-corrected chi connectivity index (χ0v) is 24.7. The molecule has 1 aliphatic rings. The Labute approximate surface area is 239 Å². The van der Waals surface area contributed by atoms with Crippen molar-refractivity contribution in [3.63, 3.8) is 0 Å². The Balaban J connectivity index is 1.52. The topological polar surface area (TPSA) is 106 Å². The number of Topliss-reactive ketones (excluding diaryl/α,β-unsaturated/α-hetero) is 1. The largest absolute Gasteiger partial charge is 0.496 e. The molecule has 0 saturated carbocycles. The molecular formula is C29H35N3O6S2. The summed E-state index contributed by atoms with van der Waals surface area (Å²) < 4.78 is 37.5. The lowest BCUT2D eigenvalue weighted by Crippen LogP contribution is -2.33. The summed E-state index contributed by atoms with van der Waals surface area (Å²) in [6, 6.07) is 13.4. The number of thiazole rings is 1. The number of methoxy groups -OCH3 is 2. The quantitative estimate of drug-likeness (QED) is 0.275.